The van der Waals surface area contributed by atoms with E-state index in [0.29, 0.717) is 17.6 Å². The summed E-state index contributed by atoms with van der Waals surface area (Å²) in [6.07, 6.45) is 3.10. The van der Waals surface area contributed by atoms with Crippen LogP contribution in [0, 0.1) is 11.8 Å². The zero-order valence-electron chi connectivity index (χ0n) is 15.4. The number of para-hydroxylation sites is 1. The number of benzene rings is 1. The second kappa shape index (κ2) is 8.17. The van der Waals surface area contributed by atoms with Crippen LogP contribution >= 0.6 is 11.8 Å². The van der Waals surface area contributed by atoms with E-state index in [1.807, 2.05) is 29.2 Å². The van der Waals surface area contributed by atoms with Crippen molar-refractivity contribution >= 4 is 28.6 Å². The molecule has 1 fully saturated rings. The lowest BCUT2D eigenvalue weighted by atomic mass is 9.92. The largest absolute Gasteiger partial charge is 0.341 e. The van der Waals surface area contributed by atoms with Crippen molar-refractivity contribution in [1.29, 1.82) is 0 Å². The number of rotatable bonds is 5. The quantitative estimate of drug-likeness (QED) is 0.595. The number of thioether (sulfide) groups is 1. The predicted molar refractivity (Wildman–Crippen MR) is 104 cm³/mol. The van der Waals surface area contributed by atoms with Gasteiger partial charge in [-0.15, -0.1) is 0 Å². The number of hydrogen-bond donors (Lipinski definition) is 0. The first kappa shape index (κ1) is 18.2. The molecule has 134 valence electrons. The summed E-state index contributed by atoms with van der Waals surface area (Å²) in [5.41, 5.74) is 0.969. The summed E-state index contributed by atoms with van der Waals surface area (Å²) in [5.74, 6) is 2.73. The Morgan fingerprint density at radius 2 is 1.92 bits per heavy atom. The number of hydrogen-bond acceptors (Lipinski definition) is 4. The van der Waals surface area contributed by atoms with Crippen LogP contribution in [0.5, 0.6) is 0 Å². The lowest BCUT2D eigenvalue weighted by Gasteiger charge is -2.35. The number of piperidine rings is 1. The minimum Gasteiger partial charge on any atom is -0.341 e. The average molecular weight is 358 g/mol. The van der Waals surface area contributed by atoms with Gasteiger partial charge >= 0.3 is 0 Å². The summed E-state index contributed by atoms with van der Waals surface area (Å²) in [6.45, 7) is 8.37. The summed E-state index contributed by atoms with van der Waals surface area (Å²) in [5, 5.41) is 1.97. The number of nitrogens with zero attached hydrogens (tertiary/aromatic N) is 3. The lowest BCUT2D eigenvalue weighted by Crippen LogP contribution is -2.43. The molecule has 3 rings (SSSR count). The number of aryl methyl sites for hydroxylation is 1. The minimum atomic E-state index is 0.225. The minimum absolute atomic E-state index is 0.225. The first-order valence-corrected chi connectivity index (χ1v) is 10.2. The van der Waals surface area contributed by atoms with Gasteiger partial charge in [-0.3, -0.25) is 4.79 Å². The predicted octanol–water partition coefficient (Wildman–Crippen LogP) is 4.18. The van der Waals surface area contributed by atoms with Gasteiger partial charge in [0.1, 0.15) is 10.9 Å². The van der Waals surface area contributed by atoms with Crippen LogP contribution in [0.25, 0.3) is 10.9 Å². The normalized spacial score (nSPS) is 20.8. The van der Waals surface area contributed by atoms with E-state index in [-0.39, 0.29) is 5.91 Å². The summed E-state index contributed by atoms with van der Waals surface area (Å²) in [6, 6.07) is 8.07. The van der Waals surface area contributed by atoms with Gasteiger partial charge in [-0.05, 0) is 30.7 Å². The van der Waals surface area contributed by atoms with Crippen molar-refractivity contribution in [1.82, 2.24) is 14.9 Å². The van der Waals surface area contributed by atoms with Crippen molar-refractivity contribution in [2.24, 2.45) is 11.8 Å². The Morgan fingerprint density at radius 1 is 1.20 bits per heavy atom. The zero-order chi connectivity index (χ0) is 17.8. The fourth-order valence-corrected chi connectivity index (χ4v) is 4.57. The highest BCUT2D eigenvalue weighted by Gasteiger charge is 2.25. The average Bonchev–Trinajstić information content (AvgIpc) is 2.58. The number of aromatic nitrogens is 2. The molecule has 0 bridgehead atoms. The van der Waals surface area contributed by atoms with Crippen LogP contribution in [0.1, 0.15) is 39.4 Å². The van der Waals surface area contributed by atoms with Crippen LogP contribution in [0.2, 0.25) is 0 Å². The summed E-state index contributed by atoms with van der Waals surface area (Å²) in [7, 11) is 0. The molecule has 0 aliphatic carbocycles. The number of fused-ring (bicyclic) bond motifs is 1. The second-order valence-electron chi connectivity index (χ2n) is 7.25. The maximum absolute atomic E-state index is 12.7. The van der Waals surface area contributed by atoms with E-state index >= 15 is 0 Å². The van der Waals surface area contributed by atoms with E-state index in [1.54, 1.807) is 11.8 Å². The third-order valence-corrected chi connectivity index (χ3v) is 5.62. The highest BCUT2D eigenvalue weighted by atomic mass is 32.2. The molecule has 25 heavy (non-hydrogen) atoms. The fourth-order valence-electron chi connectivity index (χ4n) is 3.63. The van der Waals surface area contributed by atoms with Crippen LogP contribution in [0.3, 0.4) is 0 Å². The van der Waals surface area contributed by atoms with E-state index in [4.69, 9.17) is 4.98 Å². The number of likely N-dealkylation sites (tertiary alicyclic amines) is 1. The van der Waals surface area contributed by atoms with E-state index in [9.17, 15) is 4.79 Å². The van der Waals surface area contributed by atoms with E-state index in [2.05, 4.69) is 25.8 Å². The molecule has 2 heterocycles. The molecule has 1 aliphatic heterocycles. The van der Waals surface area contributed by atoms with Crippen LogP contribution in [0.15, 0.2) is 29.3 Å². The Morgan fingerprint density at radius 3 is 2.64 bits per heavy atom. The highest BCUT2D eigenvalue weighted by molar-refractivity contribution is 8.00. The molecule has 0 radical (unpaired) electrons. The summed E-state index contributed by atoms with van der Waals surface area (Å²) < 4.78 is 0. The Labute approximate surface area is 154 Å². The number of carbonyl (C=O) groups excluding carboxylic acids is 1. The molecule has 2 aromatic rings. The fraction of sp³-hybridized carbons (Fsp3) is 0.550. The Kier molecular flexibility index (Phi) is 5.94. The summed E-state index contributed by atoms with van der Waals surface area (Å²) >= 11 is 1.55. The number of amides is 1. The molecule has 1 aliphatic rings. The molecule has 5 heteroatoms. The molecular weight excluding hydrogens is 330 g/mol. The highest BCUT2D eigenvalue weighted by Crippen LogP contribution is 2.27. The Bertz CT molecular complexity index is 739. The molecule has 1 saturated heterocycles. The van der Waals surface area contributed by atoms with Gasteiger partial charge in [-0.2, -0.15) is 0 Å². The van der Waals surface area contributed by atoms with E-state index in [0.717, 1.165) is 47.7 Å². The first-order chi connectivity index (χ1) is 12.1. The topological polar surface area (TPSA) is 46.1 Å². The van der Waals surface area contributed by atoms with Gasteiger partial charge in [0.05, 0.1) is 11.3 Å². The smallest absolute Gasteiger partial charge is 0.233 e. The molecule has 0 spiro atoms. The number of carbonyl (C=O) groups is 1. The van der Waals surface area contributed by atoms with Gasteiger partial charge in [0.2, 0.25) is 5.91 Å². The van der Waals surface area contributed by atoms with Gasteiger partial charge in [0.25, 0.3) is 0 Å². The van der Waals surface area contributed by atoms with Crippen molar-refractivity contribution in [3.63, 3.8) is 0 Å². The standard InChI is InChI=1S/C20H27N3OS/c1-4-7-18-21-17-9-6-5-8-16(17)20(22-18)25-13-19(24)23-11-14(2)10-15(3)12-23/h5-6,8-9,14-15H,4,7,10-13H2,1-3H3. The lowest BCUT2D eigenvalue weighted by molar-refractivity contribution is -0.130. The van der Waals surface area contributed by atoms with Crippen LogP contribution in [-0.4, -0.2) is 39.6 Å². The monoisotopic (exact) mass is 357 g/mol. The second-order valence-corrected chi connectivity index (χ2v) is 8.21. The third-order valence-electron chi connectivity index (χ3n) is 4.64. The molecule has 2 atom stereocenters. The van der Waals surface area contributed by atoms with Crippen molar-refractivity contribution < 1.29 is 4.79 Å². The van der Waals surface area contributed by atoms with Crippen molar-refractivity contribution in [2.45, 2.75) is 45.1 Å². The van der Waals surface area contributed by atoms with E-state index in [1.165, 1.54) is 6.42 Å². The van der Waals surface area contributed by atoms with Crippen LogP contribution < -0.4 is 0 Å². The molecule has 4 nitrogen and oxygen atoms in total. The van der Waals surface area contributed by atoms with Crippen LogP contribution in [0.4, 0.5) is 0 Å². The van der Waals surface area contributed by atoms with Gasteiger partial charge in [-0.1, -0.05) is 50.7 Å². The zero-order valence-corrected chi connectivity index (χ0v) is 16.2. The Balaban J connectivity index is 1.75. The first-order valence-electron chi connectivity index (χ1n) is 9.23. The molecule has 2 unspecified atom stereocenters. The van der Waals surface area contributed by atoms with Gasteiger partial charge in [-0.25, -0.2) is 9.97 Å². The molecule has 1 amide bonds. The molecular formula is C20H27N3OS. The van der Waals surface area contributed by atoms with Crippen LogP contribution in [-0.2, 0) is 11.2 Å². The van der Waals surface area contributed by atoms with Crippen molar-refractivity contribution in [3.05, 3.63) is 30.1 Å². The SMILES string of the molecule is CCCc1nc(SCC(=O)N2CC(C)CC(C)C2)c2ccccc2n1. The third kappa shape index (κ3) is 4.51. The van der Waals surface area contributed by atoms with Crippen molar-refractivity contribution in [2.75, 3.05) is 18.8 Å². The van der Waals surface area contributed by atoms with Gasteiger partial charge < -0.3 is 4.90 Å². The van der Waals surface area contributed by atoms with Gasteiger partial charge in [0, 0.05) is 24.9 Å². The molecule has 0 N–H and O–H groups in total. The molecule has 1 aromatic heterocycles. The molecule has 0 saturated carbocycles. The maximum Gasteiger partial charge on any atom is 0.233 e. The van der Waals surface area contributed by atoms with E-state index < -0.39 is 0 Å². The van der Waals surface area contributed by atoms with Gasteiger partial charge in [0.15, 0.2) is 0 Å². The molecule has 1 aromatic carbocycles. The summed E-state index contributed by atoms with van der Waals surface area (Å²) in [4.78, 5) is 24.1. The van der Waals surface area contributed by atoms with Crippen molar-refractivity contribution in [3.8, 4) is 0 Å². The Hall–Kier alpha value is -1.62. The maximum atomic E-state index is 12.7.